The summed E-state index contributed by atoms with van der Waals surface area (Å²) in [6.07, 6.45) is 3.40. The molecule has 27 heavy (non-hydrogen) atoms. The van der Waals surface area contributed by atoms with Gasteiger partial charge in [0.1, 0.15) is 0 Å². The van der Waals surface area contributed by atoms with Gasteiger partial charge in [0.15, 0.2) is 5.78 Å². The molecule has 6 N–H and O–H groups in total. The van der Waals surface area contributed by atoms with Gasteiger partial charge in [-0.1, -0.05) is 18.2 Å². The molecule has 2 aromatic rings. The lowest BCUT2D eigenvalue weighted by Crippen LogP contribution is -2.49. The molecule has 8 nitrogen and oxygen atoms in total. The summed E-state index contributed by atoms with van der Waals surface area (Å²) >= 11 is 0. The van der Waals surface area contributed by atoms with Crippen LogP contribution in [0, 0.1) is 0 Å². The molecule has 1 heterocycles. The first kappa shape index (κ1) is 20.4. The number of H-pyrrole nitrogens is 1. The fourth-order valence-corrected chi connectivity index (χ4v) is 3.01. The Hall–Kier alpha value is -2.87. The highest BCUT2D eigenvalue weighted by Gasteiger charge is 2.23. The van der Waals surface area contributed by atoms with E-state index in [0.29, 0.717) is 25.8 Å². The van der Waals surface area contributed by atoms with Gasteiger partial charge in [0, 0.05) is 30.1 Å². The summed E-state index contributed by atoms with van der Waals surface area (Å²) in [5, 5.41) is 9.33. The molecule has 0 aliphatic rings. The van der Waals surface area contributed by atoms with Crippen molar-refractivity contribution in [2.24, 2.45) is 5.73 Å². The van der Waals surface area contributed by atoms with Gasteiger partial charge in [0.25, 0.3) is 0 Å². The largest absolute Gasteiger partial charge is 0.361 e. The van der Waals surface area contributed by atoms with Crippen molar-refractivity contribution in [1.82, 2.24) is 20.9 Å². The smallest absolute Gasteiger partial charge is 0.312 e. The number of carbonyl (C=O) groups is 3. The predicted octanol–water partition coefficient (Wildman–Crippen LogP) is 0.821. The zero-order valence-corrected chi connectivity index (χ0v) is 15.7. The molecule has 0 radical (unpaired) electrons. The third-order valence-corrected chi connectivity index (χ3v) is 4.54. The molecular formula is C19H27N5O3. The minimum atomic E-state index is -0.601. The molecule has 0 spiro atoms. The topological polar surface area (TPSA) is 129 Å². The lowest BCUT2D eigenvalue weighted by molar-refractivity contribution is -0.128. The minimum Gasteiger partial charge on any atom is -0.361 e. The number of aromatic nitrogens is 1. The minimum absolute atomic E-state index is 0.0983. The number of primary amides is 1. The summed E-state index contributed by atoms with van der Waals surface area (Å²) in [5.74, 6) is -0.338. The van der Waals surface area contributed by atoms with Crippen molar-refractivity contribution >= 4 is 28.6 Å². The van der Waals surface area contributed by atoms with E-state index in [1.165, 1.54) is 6.92 Å². The van der Waals surface area contributed by atoms with Gasteiger partial charge in [-0.15, -0.1) is 0 Å². The van der Waals surface area contributed by atoms with Crippen LogP contribution in [-0.4, -0.2) is 48.4 Å². The number of urea groups is 1. The number of nitrogens with one attached hydrogen (secondary N) is 4. The highest BCUT2D eigenvalue weighted by Crippen LogP contribution is 2.19. The highest BCUT2D eigenvalue weighted by molar-refractivity contribution is 5.91. The third-order valence-electron chi connectivity index (χ3n) is 4.54. The maximum absolute atomic E-state index is 12.6. The number of carbonyl (C=O) groups excluding carboxylic acids is 3. The molecule has 0 fully saturated rings. The molecule has 0 aliphatic carbocycles. The van der Waals surface area contributed by atoms with Crippen LogP contribution in [0.15, 0.2) is 30.5 Å². The van der Waals surface area contributed by atoms with Gasteiger partial charge in [0.05, 0.1) is 12.1 Å². The Balaban J connectivity index is 1.98. The summed E-state index contributed by atoms with van der Waals surface area (Å²) < 4.78 is 0. The zero-order chi connectivity index (χ0) is 19.8. The second-order valence-electron chi connectivity index (χ2n) is 6.51. The fraction of sp³-hybridized carbons (Fsp3) is 0.421. The van der Waals surface area contributed by atoms with Crippen LogP contribution < -0.4 is 21.7 Å². The molecule has 8 heteroatoms. The molecule has 3 amide bonds. The van der Waals surface area contributed by atoms with Gasteiger partial charge in [-0.3, -0.25) is 9.59 Å². The first-order valence-corrected chi connectivity index (χ1v) is 8.98. The standard InChI is InChI=1S/C19H27N5O3/c1-12(25)17(10-13-11-23-15-7-4-3-6-14(13)15)24-18(26)16(21-2)8-5-9-22-19(20)27/h3-4,6-7,11,16-17,21,23H,5,8-10H2,1-2H3,(H,24,26)(H3,20,22,27)/t16-,17-/m0/s1. The van der Waals surface area contributed by atoms with E-state index >= 15 is 0 Å². The zero-order valence-electron chi connectivity index (χ0n) is 15.7. The molecule has 1 aromatic heterocycles. The number of rotatable bonds is 10. The molecule has 0 unspecified atom stereocenters. The number of para-hydroxylation sites is 1. The van der Waals surface area contributed by atoms with Crippen molar-refractivity contribution in [1.29, 1.82) is 0 Å². The number of ketones is 1. The van der Waals surface area contributed by atoms with Crippen molar-refractivity contribution in [2.75, 3.05) is 13.6 Å². The highest BCUT2D eigenvalue weighted by atomic mass is 16.2. The second-order valence-corrected chi connectivity index (χ2v) is 6.51. The molecule has 0 aliphatic heterocycles. The van der Waals surface area contributed by atoms with Gasteiger partial charge in [-0.25, -0.2) is 4.79 Å². The van der Waals surface area contributed by atoms with Gasteiger partial charge < -0.3 is 26.7 Å². The number of benzene rings is 1. The van der Waals surface area contributed by atoms with E-state index in [-0.39, 0.29) is 11.7 Å². The van der Waals surface area contributed by atoms with E-state index in [2.05, 4.69) is 20.9 Å². The van der Waals surface area contributed by atoms with Crippen molar-refractivity contribution in [3.63, 3.8) is 0 Å². The van der Waals surface area contributed by atoms with Crippen molar-refractivity contribution < 1.29 is 14.4 Å². The van der Waals surface area contributed by atoms with Crippen LogP contribution in [0.25, 0.3) is 10.9 Å². The van der Waals surface area contributed by atoms with E-state index in [1.54, 1.807) is 7.05 Å². The fourth-order valence-electron chi connectivity index (χ4n) is 3.01. The van der Waals surface area contributed by atoms with Crippen LogP contribution >= 0.6 is 0 Å². The van der Waals surface area contributed by atoms with Crippen molar-refractivity contribution in [3.05, 3.63) is 36.0 Å². The number of hydrogen-bond donors (Lipinski definition) is 5. The van der Waals surface area contributed by atoms with E-state index in [0.717, 1.165) is 16.5 Å². The van der Waals surface area contributed by atoms with Gasteiger partial charge >= 0.3 is 6.03 Å². The summed E-state index contributed by atoms with van der Waals surface area (Å²) in [5.41, 5.74) is 7.00. The quantitative estimate of drug-likeness (QED) is 0.395. The Labute approximate surface area is 158 Å². The first-order chi connectivity index (χ1) is 12.9. The number of amides is 3. The summed E-state index contributed by atoms with van der Waals surface area (Å²) in [4.78, 5) is 38.5. The van der Waals surface area contributed by atoms with Crippen LogP contribution in [0.3, 0.4) is 0 Å². The molecule has 146 valence electrons. The number of hydrogen-bond acceptors (Lipinski definition) is 4. The summed E-state index contributed by atoms with van der Waals surface area (Å²) in [6, 6.07) is 6.20. The molecule has 2 rings (SSSR count). The molecular weight excluding hydrogens is 346 g/mol. The second kappa shape index (κ2) is 9.72. The summed E-state index contributed by atoms with van der Waals surface area (Å²) in [7, 11) is 1.69. The number of fused-ring (bicyclic) bond motifs is 1. The Morgan fingerprint density at radius 2 is 1.93 bits per heavy atom. The molecule has 0 saturated heterocycles. The van der Waals surface area contributed by atoms with Gasteiger partial charge in [-0.05, 0) is 38.4 Å². The number of likely N-dealkylation sites (N-methyl/N-ethyl adjacent to an activating group) is 1. The molecule has 1 aromatic carbocycles. The normalized spacial score (nSPS) is 13.1. The number of nitrogens with two attached hydrogens (primary N) is 1. The van der Waals surface area contributed by atoms with Crippen molar-refractivity contribution in [3.8, 4) is 0 Å². The van der Waals surface area contributed by atoms with E-state index in [1.807, 2.05) is 30.5 Å². The average Bonchev–Trinajstić information content (AvgIpc) is 3.04. The maximum atomic E-state index is 12.6. The molecule has 0 saturated carbocycles. The van der Waals surface area contributed by atoms with Gasteiger partial charge in [-0.2, -0.15) is 0 Å². The maximum Gasteiger partial charge on any atom is 0.312 e. The SMILES string of the molecule is CN[C@@H](CCCNC(N)=O)C(=O)N[C@@H](Cc1c[nH]c2ccccc12)C(C)=O. The molecule has 2 atom stereocenters. The van der Waals surface area contributed by atoms with Crippen molar-refractivity contribution in [2.45, 2.75) is 38.3 Å². The van der Waals surface area contributed by atoms with Crippen LogP contribution in [-0.2, 0) is 16.0 Å². The Morgan fingerprint density at radius 3 is 2.59 bits per heavy atom. The lowest BCUT2D eigenvalue weighted by atomic mass is 10.0. The van der Waals surface area contributed by atoms with E-state index in [4.69, 9.17) is 5.73 Å². The average molecular weight is 373 g/mol. The van der Waals surface area contributed by atoms with Crippen LogP contribution in [0.4, 0.5) is 4.79 Å². The Kier molecular flexibility index (Phi) is 7.36. The van der Waals surface area contributed by atoms with Crippen LogP contribution in [0.5, 0.6) is 0 Å². The van der Waals surface area contributed by atoms with Gasteiger partial charge in [0.2, 0.25) is 5.91 Å². The van der Waals surface area contributed by atoms with Crippen LogP contribution in [0.1, 0.15) is 25.3 Å². The third kappa shape index (κ3) is 5.82. The summed E-state index contributed by atoms with van der Waals surface area (Å²) in [6.45, 7) is 1.87. The van der Waals surface area contributed by atoms with Crippen LogP contribution in [0.2, 0.25) is 0 Å². The lowest BCUT2D eigenvalue weighted by Gasteiger charge is -2.21. The number of aromatic amines is 1. The van der Waals surface area contributed by atoms with E-state index in [9.17, 15) is 14.4 Å². The number of Topliss-reactive ketones (excluding diaryl/α,β-unsaturated/α-hetero) is 1. The monoisotopic (exact) mass is 373 g/mol. The first-order valence-electron chi connectivity index (χ1n) is 8.98. The molecule has 0 bridgehead atoms. The Bertz CT molecular complexity index is 801. The predicted molar refractivity (Wildman–Crippen MR) is 104 cm³/mol. The Morgan fingerprint density at radius 1 is 1.19 bits per heavy atom. The van der Waals surface area contributed by atoms with E-state index < -0.39 is 18.1 Å².